The molecule has 0 N–H and O–H groups in total. The van der Waals surface area contributed by atoms with Crippen molar-refractivity contribution in [1.29, 1.82) is 0 Å². The molecule has 0 saturated heterocycles. The number of hydrogen-bond donors (Lipinski definition) is 0. The number of rotatable bonds is 28. The summed E-state index contributed by atoms with van der Waals surface area (Å²) in [6.07, 6.45) is -1.87. The van der Waals surface area contributed by atoms with E-state index in [-0.39, 0.29) is 0 Å². The van der Waals surface area contributed by atoms with E-state index in [2.05, 4.69) is 40.1 Å². The van der Waals surface area contributed by atoms with Crippen LogP contribution in [0.4, 0.5) is 0 Å². The molecule has 0 aromatic rings. The zero-order valence-electron chi connectivity index (χ0n) is 48.4. The Morgan fingerprint density at radius 3 is 0.610 bits per heavy atom. The standard InChI is InChI=1S/C49H80N12O16/c1-41(2,3)74-33(62)29(54-58-50)21-45(13,14)37(66)70-25-49(26-71-38(67)46(15,16)22-30(55-59-51)34(63)75-42(4,5)6,27-72-39(68)47(17,18)23-31(56-60-52)35(64)76-43(7,8)9)28-73-40(69)48(19,20)24-32(57-61-53)36(65)77-44(10,11)12/h29-32H,21-28H2,1-20H3. The molecular formula is C49H80N12O16. The van der Waals surface area contributed by atoms with Crippen molar-refractivity contribution < 1.29 is 76.3 Å². The monoisotopic (exact) mass is 1090 g/mol. The molecule has 28 heteroatoms. The maximum Gasteiger partial charge on any atom is 0.315 e. The number of esters is 8. The highest BCUT2D eigenvalue weighted by Gasteiger charge is 2.47. The third-order valence-corrected chi connectivity index (χ3v) is 10.5. The summed E-state index contributed by atoms with van der Waals surface area (Å²) in [5, 5.41) is 14.2. The number of carbonyl (C=O) groups is 8. The average molecular weight is 1090 g/mol. The molecule has 28 nitrogen and oxygen atoms in total. The Morgan fingerprint density at radius 1 is 0.325 bits per heavy atom. The molecule has 0 saturated carbocycles. The summed E-state index contributed by atoms with van der Waals surface area (Å²) in [5.41, 5.74) is 24.4. The molecule has 0 aliphatic carbocycles. The maximum absolute atomic E-state index is 14.2. The van der Waals surface area contributed by atoms with E-state index >= 15 is 0 Å². The van der Waals surface area contributed by atoms with Crippen molar-refractivity contribution in [3.05, 3.63) is 41.8 Å². The molecule has 0 fully saturated rings. The molecule has 0 bridgehead atoms. The van der Waals surface area contributed by atoms with Crippen molar-refractivity contribution >= 4 is 47.8 Å². The highest BCUT2D eigenvalue weighted by Crippen LogP contribution is 2.35. The fraction of sp³-hybridized carbons (Fsp3) is 0.837. The lowest BCUT2D eigenvalue weighted by Gasteiger charge is -2.36. The van der Waals surface area contributed by atoms with Crippen molar-refractivity contribution in [2.45, 2.75) is 211 Å². The zero-order chi connectivity index (χ0) is 60.4. The minimum Gasteiger partial charge on any atom is -0.464 e. The first-order valence-electron chi connectivity index (χ1n) is 24.5. The van der Waals surface area contributed by atoms with Gasteiger partial charge in [0.05, 0.1) is 21.7 Å². The normalized spacial score (nSPS) is 14.7. The smallest absolute Gasteiger partial charge is 0.315 e. The van der Waals surface area contributed by atoms with Gasteiger partial charge < -0.3 is 37.9 Å². The highest BCUT2D eigenvalue weighted by molar-refractivity contribution is 5.83. The molecule has 0 amide bonds. The zero-order valence-corrected chi connectivity index (χ0v) is 48.4. The Balaban J connectivity index is 7.93. The molecule has 0 radical (unpaired) electrons. The third-order valence-electron chi connectivity index (χ3n) is 10.5. The van der Waals surface area contributed by atoms with Gasteiger partial charge in [0.1, 0.15) is 78.4 Å². The first-order chi connectivity index (χ1) is 34.7. The fourth-order valence-electron chi connectivity index (χ4n) is 6.59. The van der Waals surface area contributed by atoms with Crippen LogP contribution in [0.3, 0.4) is 0 Å². The van der Waals surface area contributed by atoms with E-state index in [0.29, 0.717) is 0 Å². The van der Waals surface area contributed by atoms with Gasteiger partial charge in [0.15, 0.2) is 0 Å². The Labute approximate surface area is 449 Å². The Bertz CT molecular complexity index is 2020. The SMILES string of the molecule is CC(C)(C)OC(=O)C(CC(C)(C)C(=O)OCC(COC(=O)C(C)(C)CC(N=[N+]=[N-])C(=O)OC(C)(C)C)(COC(=O)C(C)(C)CC(N=[N+]=[N-])C(=O)OC(C)(C)C)COC(=O)C(C)(C)CC(N=[N+]=[N-])C(=O)OC(C)(C)C)N=[N+]=[N-]. The molecule has 432 valence electrons. The van der Waals surface area contributed by atoms with Crippen LogP contribution in [0, 0.1) is 27.1 Å². The number of carbonyl (C=O) groups excluding carboxylic acids is 8. The van der Waals surface area contributed by atoms with E-state index in [4.69, 9.17) is 37.9 Å². The third kappa shape index (κ3) is 26.1. The van der Waals surface area contributed by atoms with Crippen LogP contribution in [0.2, 0.25) is 0 Å². The number of ether oxygens (including phenoxy) is 8. The molecule has 0 aliphatic heterocycles. The minimum absolute atomic E-state index is 0.467. The number of azide groups is 4. The molecule has 77 heavy (non-hydrogen) atoms. The van der Waals surface area contributed by atoms with Crippen LogP contribution in [-0.4, -0.2) is 121 Å². The lowest BCUT2D eigenvalue weighted by molar-refractivity contribution is -0.182. The molecule has 4 unspecified atom stereocenters. The van der Waals surface area contributed by atoms with Gasteiger partial charge in [-0.25, -0.2) is 0 Å². The molecule has 4 atom stereocenters. The van der Waals surface area contributed by atoms with Crippen molar-refractivity contribution in [2.24, 2.45) is 47.5 Å². The van der Waals surface area contributed by atoms with Gasteiger partial charge in [0, 0.05) is 19.6 Å². The summed E-state index contributed by atoms with van der Waals surface area (Å²) >= 11 is 0. The van der Waals surface area contributed by atoms with Crippen LogP contribution in [0.15, 0.2) is 20.5 Å². The summed E-state index contributed by atoms with van der Waals surface area (Å²) < 4.78 is 45.1. The molecule has 0 aromatic heterocycles. The van der Waals surface area contributed by atoms with Crippen LogP contribution in [-0.2, 0) is 76.3 Å². The molecule has 0 aromatic carbocycles. The van der Waals surface area contributed by atoms with Crippen molar-refractivity contribution in [1.82, 2.24) is 0 Å². The van der Waals surface area contributed by atoms with Gasteiger partial charge in [0.2, 0.25) is 0 Å². The first-order valence-corrected chi connectivity index (χ1v) is 24.5. The van der Waals surface area contributed by atoms with Gasteiger partial charge in [-0.3, -0.25) is 38.4 Å². The topological polar surface area (TPSA) is 405 Å². The van der Waals surface area contributed by atoms with Gasteiger partial charge in [-0.15, -0.1) is 0 Å². The quantitative estimate of drug-likeness (QED) is 0.0231. The maximum atomic E-state index is 14.2. The van der Waals surface area contributed by atoms with Crippen molar-refractivity contribution in [2.75, 3.05) is 26.4 Å². The van der Waals surface area contributed by atoms with Crippen LogP contribution < -0.4 is 0 Å². The Morgan fingerprint density at radius 2 is 0.481 bits per heavy atom. The lowest BCUT2D eigenvalue weighted by atomic mass is 9.84. The number of hydrogen-bond acceptors (Lipinski definition) is 20. The minimum atomic E-state index is -2.11. The van der Waals surface area contributed by atoms with Crippen molar-refractivity contribution in [3.63, 3.8) is 0 Å². The van der Waals surface area contributed by atoms with E-state index in [1.54, 1.807) is 83.1 Å². The molecule has 0 rings (SSSR count). The second-order valence-electron chi connectivity index (χ2n) is 25.2. The molecule has 0 heterocycles. The summed E-state index contributed by atoms with van der Waals surface area (Å²) in [6, 6.07) is -6.16. The molecule has 0 aliphatic rings. The van der Waals surface area contributed by atoms with E-state index in [0.717, 1.165) is 0 Å². The highest BCUT2D eigenvalue weighted by atomic mass is 16.6. The van der Waals surface area contributed by atoms with Crippen LogP contribution in [0.5, 0.6) is 0 Å². The van der Waals surface area contributed by atoms with Gasteiger partial charge in [-0.2, -0.15) is 0 Å². The van der Waals surface area contributed by atoms with Gasteiger partial charge >= 0.3 is 47.8 Å². The summed E-state index contributed by atoms with van der Waals surface area (Å²) in [5.74, 6) is -8.08. The van der Waals surface area contributed by atoms with Gasteiger partial charge in [-0.1, -0.05) is 20.5 Å². The first kappa shape index (κ1) is 70.0. The average Bonchev–Trinajstić information content (AvgIpc) is 3.24. The van der Waals surface area contributed by atoms with Crippen LogP contribution >= 0.6 is 0 Å². The van der Waals surface area contributed by atoms with Crippen molar-refractivity contribution in [3.8, 4) is 0 Å². The largest absolute Gasteiger partial charge is 0.464 e. The second kappa shape index (κ2) is 27.9. The van der Waals surface area contributed by atoms with E-state index in [1.165, 1.54) is 55.4 Å². The predicted molar refractivity (Wildman–Crippen MR) is 275 cm³/mol. The molecule has 0 spiro atoms. The van der Waals surface area contributed by atoms with Gasteiger partial charge in [0.25, 0.3) is 0 Å². The summed E-state index contributed by atoms with van der Waals surface area (Å²) in [7, 11) is 0. The fourth-order valence-corrected chi connectivity index (χ4v) is 6.59. The van der Waals surface area contributed by atoms with Crippen LogP contribution in [0.25, 0.3) is 41.8 Å². The molecular weight excluding hydrogens is 1010 g/mol. The Kier molecular flexibility index (Phi) is 25.3. The summed E-state index contributed by atoms with van der Waals surface area (Å²) in [6.45, 7) is 26.1. The second-order valence-corrected chi connectivity index (χ2v) is 25.2. The van der Waals surface area contributed by atoms with Gasteiger partial charge in [-0.05, 0) is 186 Å². The summed E-state index contributed by atoms with van der Waals surface area (Å²) in [4.78, 5) is 120. The van der Waals surface area contributed by atoms with E-state index < -0.39 is 174 Å². The van der Waals surface area contributed by atoms with Crippen LogP contribution in [0.1, 0.15) is 164 Å². The lowest BCUT2D eigenvalue weighted by Crippen LogP contribution is -2.48. The Hall–Kier alpha value is -7.00. The predicted octanol–water partition coefficient (Wildman–Crippen LogP) is 9.89. The van der Waals surface area contributed by atoms with E-state index in [9.17, 15) is 60.5 Å². The van der Waals surface area contributed by atoms with E-state index in [1.807, 2.05) is 0 Å². The number of nitrogens with zero attached hydrogens (tertiary/aromatic N) is 12.